The van der Waals surface area contributed by atoms with E-state index in [9.17, 15) is 9.18 Å². The average molecular weight is 357 g/mol. The van der Waals surface area contributed by atoms with Crippen LogP contribution in [0.3, 0.4) is 0 Å². The third kappa shape index (κ3) is 4.21. The Morgan fingerprint density at radius 3 is 2.60 bits per heavy atom. The molecule has 1 amide bonds. The lowest BCUT2D eigenvalue weighted by Crippen LogP contribution is -2.13. The van der Waals surface area contributed by atoms with Crippen LogP contribution in [-0.4, -0.2) is 31.4 Å². The molecule has 0 aliphatic heterocycles. The standard InChI is InChI=1S/C17H16FN5OS/c1-11(2)25-14-6-3-12(4-7-14)17(24)20-16-9-13(5-8-15(16)18)23-10-19-21-22-23/h3-11H,1-2H3,(H,20,24). The van der Waals surface area contributed by atoms with Crippen LogP contribution in [0.1, 0.15) is 24.2 Å². The van der Waals surface area contributed by atoms with Gasteiger partial charge in [0.1, 0.15) is 12.1 Å². The molecule has 0 aliphatic carbocycles. The van der Waals surface area contributed by atoms with E-state index in [-0.39, 0.29) is 11.6 Å². The van der Waals surface area contributed by atoms with Gasteiger partial charge < -0.3 is 5.32 Å². The van der Waals surface area contributed by atoms with E-state index >= 15 is 0 Å². The molecule has 128 valence electrons. The Morgan fingerprint density at radius 1 is 1.20 bits per heavy atom. The summed E-state index contributed by atoms with van der Waals surface area (Å²) < 4.78 is 15.4. The maximum absolute atomic E-state index is 14.0. The van der Waals surface area contributed by atoms with Gasteiger partial charge in [0.15, 0.2) is 0 Å². The van der Waals surface area contributed by atoms with Gasteiger partial charge in [-0.25, -0.2) is 9.07 Å². The number of tetrazole rings is 1. The molecule has 0 bridgehead atoms. The molecule has 1 N–H and O–H groups in total. The number of carbonyl (C=O) groups excluding carboxylic acids is 1. The maximum Gasteiger partial charge on any atom is 0.255 e. The summed E-state index contributed by atoms with van der Waals surface area (Å²) in [6.45, 7) is 4.21. The molecule has 8 heteroatoms. The highest BCUT2D eigenvalue weighted by molar-refractivity contribution is 7.99. The summed E-state index contributed by atoms with van der Waals surface area (Å²) in [5.41, 5.74) is 1.07. The molecule has 0 unspecified atom stereocenters. The topological polar surface area (TPSA) is 72.7 Å². The number of halogens is 1. The monoisotopic (exact) mass is 357 g/mol. The van der Waals surface area contributed by atoms with Crippen molar-refractivity contribution >= 4 is 23.4 Å². The van der Waals surface area contributed by atoms with Crippen LogP contribution < -0.4 is 5.32 Å². The molecule has 0 spiro atoms. The van der Waals surface area contributed by atoms with Gasteiger partial charge in [0.05, 0.1) is 11.4 Å². The zero-order valence-electron chi connectivity index (χ0n) is 13.7. The van der Waals surface area contributed by atoms with Gasteiger partial charge in [0.25, 0.3) is 5.91 Å². The van der Waals surface area contributed by atoms with Crippen molar-refractivity contribution in [3.8, 4) is 5.69 Å². The Labute approximate surface area is 148 Å². The molecule has 1 heterocycles. The Bertz CT molecular complexity index is 865. The van der Waals surface area contributed by atoms with Gasteiger partial charge in [0.2, 0.25) is 0 Å². The molecule has 3 aromatic rings. The van der Waals surface area contributed by atoms with Gasteiger partial charge in [-0.15, -0.1) is 16.9 Å². The number of hydrogen-bond donors (Lipinski definition) is 1. The van der Waals surface area contributed by atoms with E-state index in [1.807, 2.05) is 12.1 Å². The second kappa shape index (κ2) is 7.43. The minimum atomic E-state index is -0.530. The fourth-order valence-electron chi connectivity index (χ4n) is 2.18. The van der Waals surface area contributed by atoms with E-state index in [0.29, 0.717) is 16.5 Å². The highest BCUT2D eigenvalue weighted by Gasteiger charge is 2.11. The van der Waals surface area contributed by atoms with Crippen molar-refractivity contribution in [2.45, 2.75) is 24.0 Å². The number of nitrogens with zero attached hydrogens (tertiary/aromatic N) is 4. The average Bonchev–Trinajstić information content (AvgIpc) is 3.11. The number of benzene rings is 2. The van der Waals surface area contributed by atoms with E-state index in [1.54, 1.807) is 23.9 Å². The summed E-state index contributed by atoms with van der Waals surface area (Å²) in [6, 6.07) is 11.5. The van der Waals surface area contributed by atoms with Crippen LogP contribution in [0.5, 0.6) is 0 Å². The fourth-order valence-corrected chi connectivity index (χ4v) is 3.02. The second-order valence-electron chi connectivity index (χ2n) is 5.56. The smallest absolute Gasteiger partial charge is 0.255 e. The Hall–Kier alpha value is -2.74. The van der Waals surface area contributed by atoms with Crippen LogP contribution in [0, 0.1) is 5.82 Å². The van der Waals surface area contributed by atoms with E-state index in [1.165, 1.54) is 29.2 Å². The second-order valence-corrected chi connectivity index (χ2v) is 7.21. The van der Waals surface area contributed by atoms with Gasteiger partial charge in [0, 0.05) is 15.7 Å². The van der Waals surface area contributed by atoms with Crippen LogP contribution in [0.25, 0.3) is 5.69 Å². The molecular weight excluding hydrogens is 341 g/mol. The molecular formula is C17H16FN5OS. The summed E-state index contributed by atoms with van der Waals surface area (Å²) in [4.78, 5) is 13.4. The quantitative estimate of drug-likeness (QED) is 0.707. The highest BCUT2D eigenvalue weighted by Crippen LogP contribution is 2.24. The predicted octanol–water partition coefficient (Wildman–Crippen LogP) is 3.55. The molecule has 0 radical (unpaired) electrons. The largest absolute Gasteiger partial charge is 0.319 e. The van der Waals surface area contributed by atoms with E-state index in [4.69, 9.17) is 0 Å². The van der Waals surface area contributed by atoms with Crippen LogP contribution in [-0.2, 0) is 0 Å². The van der Waals surface area contributed by atoms with Gasteiger partial charge in [-0.1, -0.05) is 13.8 Å². The molecule has 0 atom stereocenters. The van der Waals surface area contributed by atoms with Crippen molar-refractivity contribution in [2.24, 2.45) is 0 Å². The number of amides is 1. The number of thioether (sulfide) groups is 1. The Morgan fingerprint density at radius 2 is 1.96 bits per heavy atom. The first kappa shape index (κ1) is 17.1. The first-order valence-corrected chi connectivity index (χ1v) is 8.52. The van der Waals surface area contributed by atoms with E-state index in [0.717, 1.165) is 4.90 Å². The lowest BCUT2D eigenvalue weighted by atomic mass is 10.2. The van der Waals surface area contributed by atoms with Crippen LogP contribution in [0.4, 0.5) is 10.1 Å². The molecule has 3 rings (SSSR count). The van der Waals surface area contributed by atoms with Crippen molar-refractivity contribution in [1.82, 2.24) is 20.2 Å². The molecule has 0 saturated carbocycles. The molecule has 0 aliphatic rings. The minimum Gasteiger partial charge on any atom is -0.319 e. The first-order chi connectivity index (χ1) is 12.0. The number of rotatable bonds is 5. The lowest BCUT2D eigenvalue weighted by Gasteiger charge is -2.09. The van der Waals surface area contributed by atoms with Crippen molar-refractivity contribution in [2.75, 3.05) is 5.32 Å². The normalized spacial score (nSPS) is 10.9. The zero-order chi connectivity index (χ0) is 17.8. The Balaban J connectivity index is 1.77. The number of nitrogens with one attached hydrogen (secondary N) is 1. The van der Waals surface area contributed by atoms with E-state index < -0.39 is 5.82 Å². The van der Waals surface area contributed by atoms with Crippen LogP contribution in [0.2, 0.25) is 0 Å². The third-order valence-corrected chi connectivity index (χ3v) is 4.32. The summed E-state index contributed by atoms with van der Waals surface area (Å²) in [5, 5.41) is 13.9. The highest BCUT2D eigenvalue weighted by atomic mass is 32.2. The Kier molecular flexibility index (Phi) is 5.08. The molecule has 2 aromatic carbocycles. The summed E-state index contributed by atoms with van der Waals surface area (Å²) in [7, 11) is 0. The van der Waals surface area contributed by atoms with Gasteiger partial charge in [-0.3, -0.25) is 4.79 Å². The molecule has 1 aromatic heterocycles. The number of anilines is 1. The van der Waals surface area contributed by atoms with Gasteiger partial charge in [-0.05, 0) is 52.9 Å². The van der Waals surface area contributed by atoms with Gasteiger partial charge in [-0.2, -0.15) is 0 Å². The third-order valence-electron chi connectivity index (χ3n) is 3.30. The number of carbonyl (C=O) groups is 1. The van der Waals surface area contributed by atoms with Crippen LogP contribution in [0.15, 0.2) is 53.7 Å². The van der Waals surface area contributed by atoms with Gasteiger partial charge >= 0.3 is 0 Å². The van der Waals surface area contributed by atoms with Crippen LogP contribution >= 0.6 is 11.8 Å². The summed E-state index contributed by atoms with van der Waals surface area (Å²) >= 11 is 1.71. The molecule has 25 heavy (non-hydrogen) atoms. The SMILES string of the molecule is CC(C)Sc1ccc(C(=O)Nc2cc(-n3cnnn3)ccc2F)cc1. The first-order valence-electron chi connectivity index (χ1n) is 7.64. The van der Waals surface area contributed by atoms with Crippen molar-refractivity contribution in [3.05, 3.63) is 60.2 Å². The van der Waals surface area contributed by atoms with Crippen molar-refractivity contribution in [3.63, 3.8) is 0 Å². The number of hydrogen-bond acceptors (Lipinski definition) is 5. The molecule has 6 nitrogen and oxygen atoms in total. The van der Waals surface area contributed by atoms with E-state index in [2.05, 4.69) is 34.7 Å². The summed E-state index contributed by atoms with van der Waals surface area (Å²) in [5.74, 6) is -0.911. The van der Waals surface area contributed by atoms with Crippen molar-refractivity contribution in [1.29, 1.82) is 0 Å². The fraction of sp³-hybridized carbons (Fsp3) is 0.176. The minimum absolute atomic E-state index is 0.0682. The zero-order valence-corrected chi connectivity index (χ0v) is 14.5. The predicted molar refractivity (Wildman–Crippen MR) is 94.5 cm³/mol. The maximum atomic E-state index is 14.0. The molecule has 0 saturated heterocycles. The summed E-state index contributed by atoms with van der Waals surface area (Å²) in [6.07, 6.45) is 1.39. The number of aromatic nitrogens is 4. The van der Waals surface area contributed by atoms with Crippen molar-refractivity contribution < 1.29 is 9.18 Å². The molecule has 0 fully saturated rings. The lowest BCUT2D eigenvalue weighted by molar-refractivity contribution is 0.102.